The van der Waals surface area contributed by atoms with Crippen LogP contribution in [0.4, 0.5) is 0 Å². The molecule has 0 amide bonds. The number of aryl methyl sites for hydroxylation is 1. The van der Waals surface area contributed by atoms with Crippen molar-refractivity contribution in [1.29, 1.82) is 0 Å². The molecular weight excluding hydrogens is 286 g/mol. The Balaban J connectivity index is 2.30. The molecule has 21 heavy (non-hydrogen) atoms. The van der Waals surface area contributed by atoms with Crippen molar-refractivity contribution in [3.8, 4) is 0 Å². The van der Waals surface area contributed by atoms with Gasteiger partial charge in [0.05, 0.1) is 17.0 Å². The van der Waals surface area contributed by atoms with Crippen LogP contribution in [0.3, 0.4) is 0 Å². The largest absolute Gasteiger partial charge is 0.391 e. The third kappa shape index (κ3) is 3.91. The second-order valence-electron chi connectivity index (χ2n) is 5.06. The fourth-order valence-electron chi connectivity index (χ4n) is 2.06. The number of benzene rings is 2. The van der Waals surface area contributed by atoms with Gasteiger partial charge in [0, 0.05) is 0 Å². The molecule has 0 heterocycles. The van der Waals surface area contributed by atoms with Gasteiger partial charge in [-0.15, -0.1) is 0 Å². The third-order valence-corrected chi connectivity index (χ3v) is 4.71. The van der Waals surface area contributed by atoms with E-state index in [1.807, 2.05) is 25.1 Å². The Kier molecular flexibility index (Phi) is 4.77. The molecule has 0 aromatic heterocycles. The van der Waals surface area contributed by atoms with E-state index in [2.05, 4.69) is 4.72 Å². The first-order valence-corrected chi connectivity index (χ1v) is 8.20. The maximum atomic E-state index is 12.4. The van der Waals surface area contributed by atoms with Gasteiger partial charge in [-0.3, -0.25) is 0 Å². The van der Waals surface area contributed by atoms with E-state index < -0.39 is 22.2 Å². The lowest BCUT2D eigenvalue weighted by atomic mass is 10.0. The van der Waals surface area contributed by atoms with E-state index in [-0.39, 0.29) is 4.90 Å². The minimum atomic E-state index is -3.68. The maximum absolute atomic E-state index is 12.4. The molecular formula is C16H19NO3S. The van der Waals surface area contributed by atoms with Gasteiger partial charge in [-0.2, -0.15) is 0 Å². The molecule has 2 unspecified atom stereocenters. The fourth-order valence-corrected chi connectivity index (χ4v) is 3.36. The number of sulfonamides is 1. The van der Waals surface area contributed by atoms with Crippen molar-refractivity contribution in [1.82, 2.24) is 4.72 Å². The van der Waals surface area contributed by atoms with Crippen LogP contribution >= 0.6 is 0 Å². The summed E-state index contributed by atoms with van der Waals surface area (Å²) in [5.41, 5.74) is 1.72. The number of aliphatic hydroxyl groups is 1. The summed E-state index contributed by atoms with van der Waals surface area (Å²) in [5, 5.41) is 9.89. The summed E-state index contributed by atoms with van der Waals surface area (Å²) in [7, 11) is -3.68. The highest BCUT2D eigenvalue weighted by atomic mass is 32.2. The first kappa shape index (κ1) is 15.7. The molecule has 2 atom stereocenters. The van der Waals surface area contributed by atoms with E-state index in [0.717, 1.165) is 11.1 Å². The molecule has 4 nitrogen and oxygen atoms in total. The molecule has 5 heteroatoms. The van der Waals surface area contributed by atoms with Crippen molar-refractivity contribution in [3.63, 3.8) is 0 Å². The summed E-state index contributed by atoms with van der Waals surface area (Å²) in [5.74, 6) is 0. The maximum Gasteiger partial charge on any atom is 0.241 e. The van der Waals surface area contributed by atoms with Crippen molar-refractivity contribution < 1.29 is 13.5 Å². The Bertz CT molecular complexity index is 679. The zero-order valence-corrected chi connectivity index (χ0v) is 12.8. The summed E-state index contributed by atoms with van der Waals surface area (Å²) in [6.07, 6.45) is -0.840. The topological polar surface area (TPSA) is 66.4 Å². The van der Waals surface area contributed by atoms with Crippen LogP contribution in [0.25, 0.3) is 0 Å². The number of nitrogens with one attached hydrogen (secondary N) is 1. The van der Waals surface area contributed by atoms with Gasteiger partial charge in [0.1, 0.15) is 0 Å². The van der Waals surface area contributed by atoms with Crippen LogP contribution < -0.4 is 4.72 Å². The van der Waals surface area contributed by atoms with E-state index in [0.29, 0.717) is 0 Å². The molecule has 0 saturated heterocycles. The molecule has 2 N–H and O–H groups in total. The Morgan fingerprint density at radius 2 is 1.57 bits per heavy atom. The minimum Gasteiger partial charge on any atom is -0.391 e. The van der Waals surface area contributed by atoms with Crippen molar-refractivity contribution in [2.24, 2.45) is 0 Å². The SMILES string of the molecule is Cc1ccc(S(=O)(=O)NC(c2ccccc2)C(C)O)cc1. The fraction of sp³-hybridized carbons (Fsp3) is 0.250. The second-order valence-corrected chi connectivity index (χ2v) is 6.78. The molecule has 0 fully saturated rings. The normalized spacial score (nSPS) is 14.6. The third-order valence-electron chi connectivity index (χ3n) is 3.25. The van der Waals surface area contributed by atoms with Crippen molar-refractivity contribution in [3.05, 3.63) is 65.7 Å². The summed E-state index contributed by atoms with van der Waals surface area (Å²) in [6.45, 7) is 3.46. The molecule has 0 aliphatic carbocycles. The Morgan fingerprint density at radius 3 is 2.10 bits per heavy atom. The standard InChI is InChI=1S/C16H19NO3S/c1-12-8-10-15(11-9-12)21(19,20)17-16(13(2)18)14-6-4-3-5-7-14/h3-11,13,16-18H,1-2H3. The average Bonchev–Trinajstić information content (AvgIpc) is 2.46. The Morgan fingerprint density at radius 1 is 1.00 bits per heavy atom. The van der Waals surface area contributed by atoms with Gasteiger partial charge in [0.25, 0.3) is 0 Å². The molecule has 0 bridgehead atoms. The lowest BCUT2D eigenvalue weighted by Crippen LogP contribution is -2.35. The molecule has 0 spiro atoms. The van der Waals surface area contributed by atoms with Gasteiger partial charge in [-0.25, -0.2) is 13.1 Å². The highest BCUT2D eigenvalue weighted by molar-refractivity contribution is 7.89. The van der Waals surface area contributed by atoms with Gasteiger partial charge in [0.2, 0.25) is 10.0 Å². The quantitative estimate of drug-likeness (QED) is 0.891. The van der Waals surface area contributed by atoms with Gasteiger partial charge in [-0.05, 0) is 31.5 Å². The van der Waals surface area contributed by atoms with E-state index >= 15 is 0 Å². The molecule has 2 rings (SSSR count). The number of rotatable bonds is 5. The summed E-state index contributed by atoms with van der Waals surface area (Å²) >= 11 is 0. The van der Waals surface area contributed by atoms with E-state index in [9.17, 15) is 13.5 Å². The summed E-state index contributed by atoms with van der Waals surface area (Å²) in [6, 6.07) is 15.0. The van der Waals surface area contributed by atoms with Crippen LogP contribution in [-0.4, -0.2) is 19.6 Å². The average molecular weight is 305 g/mol. The Labute approximate surface area is 125 Å². The zero-order valence-electron chi connectivity index (χ0n) is 12.0. The summed E-state index contributed by atoms with van der Waals surface area (Å²) in [4.78, 5) is 0.190. The van der Waals surface area contributed by atoms with Crippen LogP contribution in [0.2, 0.25) is 0 Å². The van der Waals surface area contributed by atoms with Crippen LogP contribution in [-0.2, 0) is 10.0 Å². The van der Waals surface area contributed by atoms with Gasteiger partial charge in [0.15, 0.2) is 0 Å². The predicted octanol–water partition coefficient (Wildman–Crippen LogP) is 2.40. The van der Waals surface area contributed by atoms with Crippen LogP contribution in [0.5, 0.6) is 0 Å². The predicted molar refractivity (Wildman–Crippen MR) is 82.4 cm³/mol. The molecule has 0 aliphatic heterocycles. The number of aliphatic hydroxyl groups excluding tert-OH is 1. The first-order valence-electron chi connectivity index (χ1n) is 6.72. The van der Waals surface area contributed by atoms with Crippen molar-refractivity contribution >= 4 is 10.0 Å². The molecule has 0 radical (unpaired) electrons. The molecule has 2 aromatic carbocycles. The van der Waals surface area contributed by atoms with E-state index in [1.165, 1.54) is 0 Å². The summed E-state index contributed by atoms with van der Waals surface area (Å²) < 4.78 is 27.4. The van der Waals surface area contributed by atoms with Gasteiger partial charge < -0.3 is 5.11 Å². The molecule has 2 aromatic rings. The van der Waals surface area contributed by atoms with Gasteiger partial charge >= 0.3 is 0 Å². The van der Waals surface area contributed by atoms with E-state index in [4.69, 9.17) is 0 Å². The zero-order chi connectivity index (χ0) is 15.5. The van der Waals surface area contributed by atoms with Crippen LogP contribution in [0.1, 0.15) is 24.1 Å². The number of hydrogen-bond acceptors (Lipinski definition) is 3. The Hall–Kier alpha value is -1.69. The van der Waals surface area contributed by atoms with Crippen LogP contribution in [0.15, 0.2) is 59.5 Å². The van der Waals surface area contributed by atoms with Crippen LogP contribution in [0, 0.1) is 6.92 Å². The second kappa shape index (κ2) is 6.39. The van der Waals surface area contributed by atoms with Crippen molar-refractivity contribution in [2.75, 3.05) is 0 Å². The monoisotopic (exact) mass is 305 g/mol. The first-order chi connectivity index (χ1) is 9.90. The molecule has 0 saturated carbocycles. The van der Waals surface area contributed by atoms with Gasteiger partial charge in [-0.1, -0.05) is 48.0 Å². The lowest BCUT2D eigenvalue weighted by Gasteiger charge is -2.22. The molecule has 0 aliphatic rings. The number of hydrogen-bond donors (Lipinski definition) is 2. The highest BCUT2D eigenvalue weighted by Gasteiger charge is 2.24. The highest BCUT2D eigenvalue weighted by Crippen LogP contribution is 2.20. The smallest absolute Gasteiger partial charge is 0.241 e. The lowest BCUT2D eigenvalue weighted by molar-refractivity contribution is 0.156. The van der Waals surface area contributed by atoms with Crippen molar-refractivity contribution in [2.45, 2.75) is 30.9 Å². The minimum absolute atomic E-state index is 0.190. The molecule has 112 valence electrons. The van der Waals surface area contributed by atoms with E-state index in [1.54, 1.807) is 43.3 Å².